The summed E-state index contributed by atoms with van der Waals surface area (Å²) < 4.78 is 11.2. The second-order valence-electron chi connectivity index (χ2n) is 7.15. The molecule has 186 valence electrons. The Hall–Kier alpha value is -4.08. The third kappa shape index (κ3) is 8.30. The molecule has 3 aromatic rings. The molecule has 3 amide bonds. The first-order chi connectivity index (χ1) is 17.3. The van der Waals surface area contributed by atoms with E-state index < -0.39 is 11.8 Å². The molecule has 0 atom stereocenters. The Labute approximate surface area is 217 Å². The van der Waals surface area contributed by atoms with Gasteiger partial charge in [0.05, 0.1) is 12.8 Å². The molecule has 0 aliphatic carbocycles. The monoisotopic (exact) mass is 528 g/mol. The number of amides is 3. The standard InChI is InChI=1S/C25H22Cl2N4O5/c1-2-35-22-11-16(14-28-31-25(34)24(33)30-20-8-4-6-18(27)13-20)9-10-21(22)36-15-23(32)29-19-7-3-5-17(26)12-19/h3-14H,2,15H2,1H3,(H,29,32)(H,30,33)(H,31,34)/b28-14-. The molecule has 0 aliphatic heterocycles. The van der Waals surface area contributed by atoms with Crippen molar-refractivity contribution in [3.63, 3.8) is 0 Å². The summed E-state index contributed by atoms with van der Waals surface area (Å²) in [6.45, 7) is 1.90. The van der Waals surface area contributed by atoms with Gasteiger partial charge in [-0.25, -0.2) is 5.43 Å². The van der Waals surface area contributed by atoms with Crippen LogP contribution in [0.25, 0.3) is 0 Å². The number of ether oxygens (including phenoxy) is 2. The van der Waals surface area contributed by atoms with E-state index in [1.807, 2.05) is 0 Å². The molecule has 3 N–H and O–H groups in total. The topological polar surface area (TPSA) is 118 Å². The van der Waals surface area contributed by atoms with Crippen LogP contribution in [0.1, 0.15) is 12.5 Å². The summed E-state index contributed by atoms with van der Waals surface area (Å²) in [6.07, 6.45) is 1.34. The molecule has 0 unspecified atom stereocenters. The molecule has 0 saturated carbocycles. The second-order valence-corrected chi connectivity index (χ2v) is 8.02. The van der Waals surface area contributed by atoms with E-state index in [9.17, 15) is 14.4 Å². The highest BCUT2D eigenvalue weighted by Gasteiger charge is 2.13. The number of hydrogen-bond donors (Lipinski definition) is 3. The number of anilines is 2. The van der Waals surface area contributed by atoms with Crippen LogP contribution in [0.3, 0.4) is 0 Å². The van der Waals surface area contributed by atoms with Gasteiger partial charge in [-0.3, -0.25) is 14.4 Å². The maximum atomic E-state index is 12.2. The fourth-order valence-electron chi connectivity index (χ4n) is 2.87. The highest BCUT2D eigenvalue weighted by Crippen LogP contribution is 2.28. The first-order valence-electron chi connectivity index (χ1n) is 10.7. The lowest BCUT2D eigenvalue weighted by Crippen LogP contribution is -2.32. The van der Waals surface area contributed by atoms with Crippen molar-refractivity contribution in [2.45, 2.75) is 6.92 Å². The van der Waals surface area contributed by atoms with Gasteiger partial charge in [-0.2, -0.15) is 5.10 Å². The predicted octanol–water partition coefficient (Wildman–Crippen LogP) is 4.50. The zero-order valence-electron chi connectivity index (χ0n) is 19.1. The van der Waals surface area contributed by atoms with Crippen LogP contribution >= 0.6 is 23.2 Å². The molecule has 3 aromatic carbocycles. The summed E-state index contributed by atoms with van der Waals surface area (Å²) in [5.74, 6) is -1.50. The number of carbonyl (C=O) groups excluding carboxylic acids is 3. The van der Waals surface area contributed by atoms with E-state index in [-0.39, 0.29) is 12.5 Å². The van der Waals surface area contributed by atoms with Gasteiger partial charge in [-0.15, -0.1) is 0 Å². The van der Waals surface area contributed by atoms with Crippen LogP contribution in [0.15, 0.2) is 71.8 Å². The molecule has 0 bridgehead atoms. The molecular formula is C25H22Cl2N4O5. The van der Waals surface area contributed by atoms with Gasteiger partial charge in [0.15, 0.2) is 18.1 Å². The molecular weight excluding hydrogens is 507 g/mol. The van der Waals surface area contributed by atoms with E-state index in [0.29, 0.717) is 45.1 Å². The van der Waals surface area contributed by atoms with Crippen molar-refractivity contribution in [1.82, 2.24) is 5.43 Å². The van der Waals surface area contributed by atoms with Gasteiger partial charge in [-0.1, -0.05) is 35.3 Å². The SMILES string of the molecule is CCOc1cc(/C=N\NC(=O)C(=O)Nc2cccc(Cl)c2)ccc1OCC(=O)Nc1cccc(Cl)c1. The van der Waals surface area contributed by atoms with Crippen molar-refractivity contribution in [2.24, 2.45) is 5.10 Å². The average molecular weight is 529 g/mol. The zero-order valence-corrected chi connectivity index (χ0v) is 20.6. The van der Waals surface area contributed by atoms with Crippen LogP contribution in [0.5, 0.6) is 11.5 Å². The molecule has 36 heavy (non-hydrogen) atoms. The highest BCUT2D eigenvalue weighted by molar-refractivity contribution is 6.39. The minimum Gasteiger partial charge on any atom is -0.490 e. The van der Waals surface area contributed by atoms with Crippen molar-refractivity contribution in [3.05, 3.63) is 82.3 Å². The van der Waals surface area contributed by atoms with E-state index in [4.69, 9.17) is 32.7 Å². The van der Waals surface area contributed by atoms with Crippen LogP contribution < -0.4 is 25.5 Å². The fraction of sp³-hybridized carbons (Fsp3) is 0.120. The maximum Gasteiger partial charge on any atom is 0.329 e. The zero-order chi connectivity index (χ0) is 25.9. The Morgan fingerprint density at radius 3 is 2.14 bits per heavy atom. The van der Waals surface area contributed by atoms with Crippen molar-refractivity contribution in [3.8, 4) is 11.5 Å². The summed E-state index contributed by atoms with van der Waals surface area (Å²) in [4.78, 5) is 36.2. The van der Waals surface area contributed by atoms with Gasteiger partial charge < -0.3 is 20.1 Å². The highest BCUT2D eigenvalue weighted by atomic mass is 35.5. The molecule has 0 saturated heterocycles. The molecule has 0 spiro atoms. The number of rotatable bonds is 9. The molecule has 3 rings (SSSR count). The van der Waals surface area contributed by atoms with Crippen molar-refractivity contribution in [1.29, 1.82) is 0 Å². The summed E-state index contributed by atoms with van der Waals surface area (Å²) in [5, 5.41) is 9.83. The van der Waals surface area contributed by atoms with Crippen LogP contribution in [-0.2, 0) is 14.4 Å². The number of hydrogen-bond acceptors (Lipinski definition) is 6. The Morgan fingerprint density at radius 2 is 1.50 bits per heavy atom. The minimum absolute atomic E-state index is 0.252. The van der Waals surface area contributed by atoms with Gasteiger partial charge in [-0.05, 0) is 67.1 Å². The molecule has 9 nitrogen and oxygen atoms in total. The van der Waals surface area contributed by atoms with E-state index >= 15 is 0 Å². The van der Waals surface area contributed by atoms with Crippen molar-refractivity contribution < 1.29 is 23.9 Å². The van der Waals surface area contributed by atoms with E-state index in [1.165, 1.54) is 12.3 Å². The number of nitrogens with one attached hydrogen (secondary N) is 3. The Morgan fingerprint density at radius 1 is 0.833 bits per heavy atom. The van der Waals surface area contributed by atoms with Crippen LogP contribution in [0, 0.1) is 0 Å². The van der Waals surface area contributed by atoms with Crippen molar-refractivity contribution in [2.75, 3.05) is 23.8 Å². The molecule has 0 heterocycles. The normalized spacial score (nSPS) is 10.5. The molecule has 11 heteroatoms. The van der Waals surface area contributed by atoms with Gasteiger partial charge in [0.1, 0.15) is 0 Å². The van der Waals surface area contributed by atoms with Gasteiger partial charge in [0, 0.05) is 21.4 Å². The minimum atomic E-state index is -0.957. The Bertz CT molecular complexity index is 1280. The van der Waals surface area contributed by atoms with Crippen LogP contribution in [-0.4, -0.2) is 37.1 Å². The van der Waals surface area contributed by atoms with E-state index in [0.717, 1.165) is 0 Å². The van der Waals surface area contributed by atoms with Crippen LogP contribution in [0.2, 0.25) is 10.0 Å². The van der Waals surface area contributed by atoms with Gasteiger partial charge in [0.2, 0.25) is 0 Å². The summed E-state index contributed by atoms with van der Waals surface area (Å²) in [6, 6.07) is 18.0. The molecule has 0 aliphatic rings. The van der Waals surface area contributed by atoms with Gasteiger partial charge >= 0.3 is 11.8 Å². The first-order valence-corrected chi connectivity index (χ1v) is 11.4. The largest absolute Gasteiger partial charge is 0.490 e. The second kappa shape index (κ2) is 13.1. The lowest BCUT2D eigenvalue weighted by Gasteiger charge is -2.12. The maximum absolute atomic E-state index is 12.2. The first kappa shape index (κ1) is 26.5. The lowest BCUT2D eigenvalue weighted by atomic mass is 10.2. The Balaban J connectivity index is 1.56. The fourth-order valence-corrected chi connectivity index (χ4v) is 3.25. The Kier molecular flexibility index (Phi) is 9.67. The molecule has 0 fully saturated rings. The number of hydrazone groups is 1. The number of carbonyl (C=O) groups is 3. The smallest absolute Gasteiger partial charge is 0.329 e. The third-order valence-electron chi connectivity index (χ3n) is 4.40. The number of halogens is 2. The summed E-state index contributed by atoms with van der Waals surface area (Å²) in [5.41, 5.74) is 3.64. The predicted molar refractivity (Wildman–Crippen MR) is 139 cm³/mol. The van der Waals surface area contributed by atoms with E-state index in [1.54, 1.807) is 67.6 Å². The third-order valence-corrected chi connectivity index (χ3v) is 4.87. The van der Waals surface area contributed by atoms with E-state index in [2.05, 4.69) is 21.2 Å². The summed E-state index contributed by atoms with van der Waals surface area (Å²) >= 11 is 11.8. The van der Waals surface area contributed by atoms with Crippen LogP contribution in [0.4, 0.5) is 11.4 Å². The average Bonchev–Trinajstić information content (AvgIpc) is 2.83. The lowest BCUT2D eigenvalue weighted by molar-refractivity contribution is -0.136. The van der Waals surface area contributed by atoms with Gasteiger partial charge in [0.25, 0.3) is 5.91 Å². The molecule has 0 aromatic heterocycles. The number of nitrogens with zero attached hydrogens (tertiary/aromatic N) is 1. The number of benzene rings is 3. The molecule has 0 radical (unpaired) electrons. The quantitative estimate of drug-likeness (QED) is 0.214. The summed E-state index contributed by atoms with van der Waals surface area (Å²) in [7, 11) is 0. The van der Waals surface area contributed by atoms with Crippen molar-refractivity contribution >= 4 is 58.5 Å².